The van der Waals surface area contributed by atoms with Crippen LogP contribution in [-0.2, 0) is 14.8 Å². The molecule has 2 aromatic rings. The third-order valence-electron chi connectivity index (χ3n) is 5.24. The molecule has 0 radical (unpaired) electrons. The van der Waals surface area contributed by atoms with Crippen molar-refractivity contribution in [3.63, 3.8) is 0 Å². The van der Waals surface area contributed by atoms with Crippen LogP contribution in [0, 0.1) is 6.92 Å². The number of hydrogen-bond acceptors (Lipinski definition) is 3. The Kier molecular flexibility index (Phi) is 7.19. The topological polar surface area (TPSA) is 66.5 Å². The first-order valence-corrected chi connectivity index (χ1v) is 11.8. The predicted molar refractivity (Wildman–Crippen MR) is 117 cm³/mol. The first-order chi connectivity index (χ1) is 13.9. The molecule has 0 aliphatic heterocycles. The fraction of sp³-hybridized carbons (Fsp3) is 0.409. The maximum atomic E-state index is 13.4. The summed E-state index contributed by atoms with van der Waals surface area (Å²) >= 11 is 6.30. The van der Waals surface area contributed by atoms with Gasteiger partial charge in [0.15, 0.2) is 0 Å². The molecule has 3 rings (SSSR count). The van der Waals surface area contributed by atoms with E-state index < -0.39 is 10.0 Å². The summed E-state index contributed by atoms with van der Waals surface area (Å²) in [6, 6.07) is 13.4. The van der Waals surface area contributed by atoms with E-state index >= 15 is 0 Å². The van der Waals surface area contributed by atoms with Crippen molar-refractivity contribution in [3.05, 3.63) is 59.1 Å². The third-order valence-corrected chi connectivity index (χ3v) is 7.33. The number of nitrogens with one attached hydrogen (secondary N) is 1. The maximum absolute atomic E-state index is 13.4. The highest BCUT2D eigenvalue weighted by molar-refractivity contribution is 7.92. The van der Waals surface area contributed by atoms with Crippen LogP contribution in [0.4, 0.5) is 5.69 Å². The van der Waals surface area contributed by atoms with Gasteiger partial charge in [0.05, 0.1) is 15.6 Å². The van der Waals surface area contributed by atoms with E-state index in [4.69, 9.17) is 11.6 Å². The summed E-state index contributed by atoms with van der Waals surface area (Å²) in [6.07, 6.45) is 6.40. The van der Waals surface area contributed by atoms with Crippen LogP contribution in [0.2, 0.25) is 5.02 Å². The van der Waals surface area contributed by atoms with E-state index in [1.54, 1.807) is 48.5 Å². The van der Waals surface area contributed by atoms with Gasteiger partial charge < -0.3 is 5.32 Å². The monoisotopic (exact) mass is 434 g/mol. The highest BCUT2D eigenvalue weighted by Gasteiger charge is 2.29. The van der Waals surface area contributed by atoms with Gasteiger partial charge >= 0.3 is 0 Å². The maximum Gasteiger partial charge on any atom is 0.264 e. The Morgan fingerprint density at radius 3 is 2.28 bits per heavy atom. The summed E-state index contributed by atoms with van der Waals surface area (Å²) in [7, 11) is -3.95. The van der Waals surface area contributed by atoms with Crippen LogP contribution in [0.3, 0.4) is 0 Å². The number of nitrogens with zero attached hydrogens (tertiary/aromatic N) is 1. The van der Waals surface area contributed by atoms with Gasteiger partial charge in [0, 0.05) is 6.04 Å². The van der Waals surface area contributed by atoms with Gasteiger partial charge in [-0.15, -0.1) is 0 Å². The van der Waals surface area contributed by atoms with Crippen LogP contribution in [0.15, 0.2) is 53.4 Å². The Balaban J connectivity index is 1.88. The standard InChI is InChI=1S/C22H27ClN2O3S/c1-17-12-14-19(15-13-17)29(27,28)25(21-11-7-6-10-20(21)23)16-22(26)24-18-8-4-2-3-5-9-18/h6-7,10-15,18H,2-5,8-9,16H2,1H3,(H,24,26). The average Bonchev–Trinajstić information content (AvgIpc) is 2.96. The number of rotatable bonds is 6. The van der Waals surface area contributed by atoms with Crippen molar-refractivity contribution in [3.8, 4) is 0 Å². The van der Waals surface area contributed by atoms with Gasteiger partial charge in [0.25, 0.3) is 10.0 Å². The summed E-state index contributed by atoms with van der Waals surface area (Å²) in [4.78, 5) is 12.9. The van der Waals surface area contributed by atoms with E-state index in [9.17, 15) is 13.2 Å². The molecular formula is C22H27ClN2O3S. The molecule has 29 heavy (non-hydrogen) atoms. The molecule has 7 heteroatoms. The zero-order valence-corrected chi connectivity index (χ0v) is 18.2. The van der Waals surface area contributed by atoms with Gasteiger partial charge in [-0.1, -0.05) is 67.1 Å². The van der Waals surface area contributed by atoms with Crippen molar-refractivity contribution in [2.75, 3.05) is 10.8 Å². The number of carbonyl (C=O) groups is 1. The molecular weight excluding hydrogens is 408 g/mol. The predicted octanol–water partition coefficient (Wildman–Crippen LogP) is 4.68. The average molecular weight is 435 g/mol. The van der Waals surface area contributed by atoms with Gasteiger partial charge in [-0.25, -0.2) is 8.42 Å². The Morgan fingerprint density at radius 2 is 1.66 bits per heavy atom. The molecule has 0 bridgehead atoms. The molecule has 1 aliphatic carbocycles. The Morgan fingerprint density at radius 1 is 1.03 bits per heavy atom. The van der Waals surface area contributed by atoms with Gasteiger partial charge in [0.2, 0.25) is 5.91 Å². The Labute approximate surface area is 178 Å². The van der Waals surface area contributed by atoms with E-state index in [2.05, 4.69) is 5.32 Å². The van der Waals surface area contributed by atoms with Gasteiger partial charge in [-0.2, -0.15) is 0 Å². The van der Waals surface area contributed by atoms with E-state index in [1.807, 2.05) is 6.92 Å². The zero-order valence-electron chi connectivity index (χ0n) is 16.6. The number of sulfonamides is 1. The number of carbonyl (C=O) groups excluding carboxylic acids is 1. The molecule has 1 N–H and O–H groups in total. The summed E-state index contributed by atoms with van der Waals surface area (Å²) in [5.41, 5.74) is 1.25. The molecule has 0 saturated heterocycles. The Bertz CT molecular complexity index is 937. The van der Waals surface area contributed by atoms with Crippen LogP contribution < -0.4 is 9.62 Å². The molecule has 156 valence electrons. The van der Waals surface area contributed by atoms with Gasteiger partial charge in [-0.05, 0) is 44.0 Å². The fourth-order valence-electron chi connectivity index (χ4n) is 3.62. The third kappa shape index (κ3) is 5.52. The van der Waals surface area contributed by atoms with Crippen molar-refractivity contribution in [2.24, 2.45) is 0 Å². The lowest BCUT2D eigenvalue weighted by Crippen LogP contribution is -2.44. The lowest BCUT2D eigenvalue weighted by Gasteiger charge is -2.26. The minimum atomic E-state index is -3.95. The molecule has 1 aliphatic rings. The minimum Gasteiger partial charge on any atom is -0.352 e. The summed E-state index contributed by atoms with van der Waals surface area (Å²) in [5.74, 6) is -0.312. The number of benzene rings is 2. The van der Waals surface area contributed by atoms with E-state index in [0.29, 0.717) is 5.69 Å². The molecule has 5 nitrogen and oxygen atoms in total. The molecule has 0 unspecified atom stereocenters. The first kappa shape index (κ1) is 21.7. The number of para-hydroxylation sites is 1. The van der Waals surface area contributed by atoms with Crippen molar-refractivity contribution in [1.82, 2.24) is 5.32 Å². The van der Waals surface area contributed by atoms with Gasteiger partial charge in [0.1, 0.15) is 6.54 Å². The quantitative estimate of drug-likeness (QED) is 0.671. The first-order valence-electron chi connectivity index (χ1n) is 10.0. The highest BCUT2D eigenvalue weighted by Crippen LogP contribution is 2.30. The largest absolute Gasteiger partial charge is 0.352 e. The van der Waals surface area contributed by atoms with Crippen molar-refractivity contribution in [2.45, 2.75) is 56.4 Å². The molecule has 0 spiro atoms. The smallest absolute Gasteiger partial charge is 0.264 e. The molecule has 1 amide bonds. The number of amides is 1. The lowest BCUT2D eigenvalue weighted by molar-refractivity contribution is -0.120. The normalized spacial score (nSPS) is 15.5. The molecule has 2 aromatic carbocycles. The molecule has 1 saturated carbocycles. The lowest BCUT2D eigenvalue weighted by atomic mass is 10.1. The van der Waals surface area contributed by atoms with Crippen molar-refractivity contribution >= 4 is 33.2 Å². The van der Waals surface area contributed by atoms with Crippen LogP contribution in [0.5, 0.6) is 0 Å². The summed E-state index contributed by atoms with van der Waals surface area (Å²) < 4.78 is 27.8. The number of anilines is 1. The number of halogens is 1. The van der Waals surface area contributed by atoms with Crippen molar-refractivity contribution in [1.29, 1.82) is 0 Å². The number of hydrogen-bond donors (Lipinski definition) is 1. The summed E-state index contributed by atoms with van der Waals surface area (Å²) in [5, 5.41) is 3.31. The minimum absolute atomic E-state index is 0.0974. The van der Waals surface area contributed by atoms with E-state index in [1.165, 1.54) is 12.8 Å². The van der Waals surface area contributed by atoms with Crippen LogP contribution in [0.1, 0.15) is 44.1 Å². The second-order valence-electron chi connectivity index (χ2n) is 7.53. The molecule has 0 heterocycles. The second kappa shape index (κ2) is 9.63. The zero-order chi connectivity index (χ0) is 20.9. The second-order valence-corrected chi connectivity index (χ2v) is 9.80. The fourth-order valence-corrected chi connectivity index (χ4v) is 5.35. The highest BCUT2D eigenvalue weighted by atomic mass is 35.5. The van der Waals surface area contributed by atoms with Crippen LogP contribution in [-0.4, -0.2) is 26.9 Å². The Hall–Kier alpha value is -2.05. The van der Waals surface area contributed by atoms with E-state index in [0.717, 1.165) is 35.6 Å². The molecule has 1 fully saturated rings. The molecule has 0 aromatic heterocycles. The van der Waals surface area contributed by atoms with Gasteiger partial charge in [-0.3, -0.25) is 9.10 Å². The van der Waals surface area contributed by atoms with Crippen LogP contribution >= 0.6 is 11.6 Å². The summed E-state index contributed by atoms with van der Waals surface area (Å²) in [6.45, 7) is 1.58. The van der Waals surface area contributed by atoms with Crippen LogP contribution in [0.25, 0.3) is 0 Å². The SMILES string of the molecule is Cc1ccc(S(=O)(=O)N(CC(=O)NC2CCCCCC2)c2ccccc2Cl)cc1. The van der Waals surface area contributed by atoms with Crippen molar-refractivity contribution < 1.29 is 13.2 Å². The number of aryl methyl sites for hydroxylation is 1. The van der Waals surface area contributed by atoms with E-state index in [-0.39, 0.29) is 28.4 Å². The molecule has 0 atom stereocenters.